The van der Waals surface area contributed by atoms with Gasteiger partial charge in [0.05, 0.1) is 5.69 Å². The van der Waals surface area contributed by atoms with Crippen molar-refractivity contribution >= 4 is 12.6 Å². The molecule has 0 amide bonds. The van der Waals surface area contributed by atoms with E-state index in [1.165, 1.54) is 11.8 Å². The molecule has 0 spiro atoms. The molecule has 1 heterocycles. The number of rotatable bonds is 2. The van der Waals surface area contributed by atoms with Crippen LogP contribution in [0.1, 0.15) is 16.7 Å². The lowest BCUT2D eigenvalue weighted by Crippen LogP contribution is -2.28. The molecule has 2 aromatic rings. The summed E-state index contributed by atoms with van der Waals surface area (Å²) in [5.74, 6) is 0. The predicted molar refractivity (Wildman–Crippen MR) is 67.6 cm³/mol. The van der Waals surface area contributed by atoms with E-state index in [0.29, 0.717) is 5.46 Å². The summed E-state index contributed by atoms with van der Waals surface area (Å²) in [4.78, 5) is 0. The van der Waals surface area contributed by atoms with Crippen molar-refractivity contribution in [3.63, 3.8) is 0 Å². The third-order valence-electron chi connectivity index (χ3n) is 2.77. The van der Waals surface area contributed by atoms with E-state index in [2.05, 4.69) is 24.2 Å². The van der Waals surface area contributed by atoms with E-state index >= 15 is 0 Å². The first-order chi connectivity index (χ1) is 7.99. The normalized spacial score (nSPS) is 10.6. The lowest BCUT2D eigenvalue weighted by Gasteiger charge is -2.11. The van der Waals surface area contributed by atoms with Gasteiger partial charge in [-0.05, 0) is 31.9 Å². The monoisotopic (exact) mass is 230 g/mol. The average Bonchev–Trinajstić information content (AvgIpc) is 2.65. The second-order valence-corrected chi connectivity index (χ2v) is 4.34. The van der Waals surface area contributed by atoms with Crippen LogP contribution in [0.3, 0.4) is 0 Å². The van der Waals surface area contributed by atoms with Gasteiger partial charge in [-0.3, -0.25) is 0 Å². The minimum Gasteiger partial charge on any atom is -0.423 e. The Morgan fingerprint density at radius 1 is 1.12 bits per heavy atom. The van der Waals surface area contributed by atoms with Gasteiger partial charge < -0.3 is 10.0 Å². The van der Waals surface area contributed by atoms with Crippen LogP contribution in [0, 0.1) is 20.8 Å². The molecule has 0 aliphatic rings. The smallest absolute Gasteiger partial charge is 0.423 e. The largest absolute Gasteiger partial charge is 0.491 e. The predicted octanol–water partition coefficient (Wildman–Crippen LogP) is 0.477. The van der Waals surface area contributed by atoms with Crippen molar-refractivity contribution in [1.29, 1.82) is 0 Å². The lowest BCUT2D eigenvalue weighted by molar-refractivity contribution is 0.426. The molecule has 0 atom stereocenters. The van der Waals surface area contributed by atoms with Crippen LogP contribution in [0.5, 0.6) is 0 Å². The molecule has 0 unspecified atom stereocenters. The fourth-order valence-corrected chi connectivity index (χ4v) is 2.13. The first-order valence-corrected chi connectivity index (χ1v) is 5.48. The molecular weight excluding hydrogens is 215 g/mol. The zero-order valence-electron chi connectivity index (χ0n) is 10.2. The highest BCUT2D eigenvalue weighted by molar-refractivity contribution is 6.58. The fraction of sp³-hybridized carbons (Fsp3) is 0.250. The molecular formula is C12H15BN2O2. The van der Waals surface area contributed by atoms with E-state index in [4.69, 9.17) is 10.0 Å². The van der Waals surface area contributed by atoms with Crippen molar-refractivity contribution in [2.45, 2.75) is 20.8 Å². The zero-order chi connectivity index (χ0) is 12.6. The number of hydrogen-bond donors (Lipinski definition) is 2. The standard InChI is InChI=1S/C12H15BN2O2/c1-8-4-9(2)12(10(3)5-8)15-7-11(6-14-15)13(16)17/h4-7,16-17H,1-3H3. The average molecular weight is 230 g/mol. The lowest BCUT2D eigenvalue weighted by atomic mass is 9.83. The quantitative estimate of drug-likeness (QED) is 0.737. The van der Waals surface area contributed by atoms with Crippen molar-refractivity contribution in [3.8, 4) is 5.69 Å². The highest BCUT2D eigenvalue weighted by atomic mass is 16.4. The summed E-state index contributed by atoms with van der Waals surface area (Å²) in [5.41, 5.74) is 4.82. The number of hydrogen-bond acceptors (Lipinski definition) is 3. The molecule has 0 radical (unpaired) electrons. The van der Waals surface area contributed by atoms with E-state index in [1.54, 1.807) is 10.9 Å². The molecule has 88 valence electrons. The van der Waals surface area contributed by atoms with Crippen molar-refractivity contribution in [3.05, 3.63) is 41.2 Å². The summed E-state index contributed by atoms with van der Waals surface area (Å²) < 4.78 is 1.68. The van der Waals surface area contributed by atoms with Crippen molar-refractivity contribution < 1.29 is 10.0 Å². The van der Waals surface area contributed by atoms with Crippen molar-refractivity contribution in [2.75, 3.05) is 0 Å². The molecule has 1 aromatic carbocycles. The van der Waals surface area contributed by atoms with E-state index in [0.717, 1.165) is 16.8 Å². The molecule has 1 aromatic heterocycles. The number of aromatic nitrogens is 2. The van der Waals surface area contributed by atoms with E-state index in [9.17, 15) is 0 Å². The topological polar surface area (TPSA) is 58.3 Å². The Hall–Kier alpha value is -1.59. The molecule has 0 saturated carbocycles. The summed E-state index contributed by atoms with van der Waals surface area (Å²) in [6.45, 7) is 6.09. The third-order valence-corrected chi connectivity index (χ3v) is 2.77. The molecule has 5 heteroatoms. The Morgan fingerprint density at radius 2 is 1.71 bits per heavy atom. The molecule has 0 bridgehead atoms. The minimum atomic E-state index is -1.48. The first-order valence-electron chi connectivity index (χ1n) is 5.48. The number of benzene rings is 1. The highest BCUT2D eigenvalue weighted by Gasteiger charge is 2.15. The maximum atomic E-state index is 9.07. The maximum Gasteiger partial charge on any atom is 0.491 e. The molecule has 0 aliphatic heterocycles. The van der Waals surface area contributed by atoms with Crippen LogP contribution >= 0.6 is 0 Å². The van der Waals surface area contributed by atoms with Crippen LogP contribution < -0.4 is 5.46 Å². The van der Waals surface area contributed by atoms with Crippen molar-refractivity contribution in [2.24, 2.45) is 0 Å². The summed E-state index contributed by atoms with van der Waals surface area (Å²) in [6, 6.07) is 4.16. The van der Waals surface area contributed by atoms with E-state index < -0.39 is 7.12 Å². The van der Waals surface area contributed by atoms with Gasteiger partial charge in [-0.1, -0.05) is 17.7 Å². The maximum absolute atomic E-state index is 9.07. The van der Waals surface area contributed by atoms with Gasteiger partial charge in [-0.15, -0.1) is 0 Å². The summed E-state index contributed by atoms with van der Waals surface area (Å²) in [5, 5.41) is 22.3. The van der Waals surface area contributed by atoms with Crippen LogP contribution in [-0.2, 0) is 0 Å². The molecule has 2 rings (SSSR count). The van der Waals surface area contributed by atoms with Gasteiger partial charge in [-0.25, -0.2) is 4.68 Å². The molecule has 0 fully saturated rings. The highest BCUT2D eigenvalue weighted by Crippen LogP contribution is 2.19. The second-order valence-electron chi connectivity index (χ2n) is 4.34. The summed E-state index contributed by atoms with van der Waals surface area (Å²) >= 11 is 0. The zero-order valence-corrected chi connectivity index (χ0v) is 10.2. The van der Waals surface area contributed by atoms with Gasteiger partial charge >= 0.3 is 7.12 Å². The molecule has 0 saturated heterocycles. The Balaban J connectivity index is 2.52. The molecule has 17 heavy (non-hydrogen) atoms. The van der Waals surface area contributed by atoms with Crippen LogP contribution in [0.15, 0.2) is 24.5 Å². The fourth-order valence-electron chi connectivity index (χ4n) is 2.13. The van der Waals surface area contributed by atoms with E-state index in [1.807, 2.05) is 13.8 Å². The Morgan fingerprint density at radius 3 is 2.18 bits per heavy atom. The van der Waals surface area contributed by atoms with Gasteiger partial charge in [-0.2, -0.15) is 5.10 Å². The molecule has 2 N–H and O–H groups in total. The SMILES string of the molecule is Cc1cc(C)c(-n2cc(B(O)O)cn2)c(C)c1. The minimum absolute atomic E-state index is 0.393. The van der Waals surface area contributed by atoms with Gasteiger partial charge in [0.2, 0.25) is 0 Å². The number of nitrogens with zero attached hydrogens (tertiary/aromatic N) is 2. The van der Waals surface area contributed by atoms with Crippen molar-refractivity contribution in [1.82, 2.24) is 9.78 Å². The van der Waals surface area contributed by atoms with E-state index in [-0.39, 0.29) is 0 Å². The number of aryl methyl sites for hydroxylation is 3. The van der Waals surface area contributed by atoms with Crippen LogP contribution in [0.25, 0.3) is 5.69 Å². The van der Waals surface area contributed by atoms with Gasteiger partial charge in [0, 0.05) is 17.9 Å². The summed E-state index contributed by atoms with van der Waals surface area (Å²) in [6.07, 6.45) is 3.10. The van der Waals surface area contributed by atoms with Crippen LogP contribution in [0.2, 0.25) is 0 Å². The summed E-state index contributed by atoms with van der Waals surface area (Å²) in [7, 11) is -1.48. The third kappa shape index (κ3) is 2.25. The Kier molecular flexibility index (Phi) is 3.04. The first kappa shape index (κ1) is 11.9. The van der Waals surface area contributed by atoms with Gasteiger partial charge in [0.25, 0.3) is 0 Å². The van der Waals surface area contributed by atoms with Gasteiger partial charge in [0.1, 0.15) is 0 Å². The Bertz CT molecular complexity index is 526. The van der Waals surface area contributed by atoms with Crippen LogP contribution in [-0.4, -0.2) is 26.9 Å². The second kappa shape index (κ2) is 4.35. The molecule has 4 nitrogen and oxygen atoms in total. The Labute approximate surface area is 101 Å². The van der Waals surface area contributed by atoms with Gasteiger partial charge in [0.15, 0.2) is 0 Å². The molecule has 0 aliphatic carbocycles. The van der Waals surface area contributed by atoms with Crippen LogP contribution in [0.4, 0.5) is 0 Å².